The van der Waals surface area contributed by atoms with Crippen molar-refractivity contribution in [1.29, 1.82) is 0 Å². The molecule has 0 saturated carbocycles. The Morgan fingerprint density at radius 2 is 1.70 bits per heavy atom. The predicted octanol–water partition coefficient (Wildman–Crippen LogP) is 4.42. The minimum atomic E-state index is -0.625. The minimum Gasteiger partial charge on any atom is -0.422 e. The van der Waals surface area contributed by atoms with Crippen molar-refractivity contribution in [3.63, 3.8) is 0 Å². The Morgan fingerprint density at radius 3 is 2.35 bits per heavy atom. The molecule has 2 aromatic carbocycles. The normalized spacial score (nSPS) is 10.2. The molecular formula is C15H10Cl2O3. The number of hydrogen-bond donors (Lipinski definition) is 0. The van der Waals surface area contributed by atoms with Crippen molar-refractivity contribution in [2.45, 2.75) is 6.92 Å². The van der Waals surface area contributed by atoms with Gasteiger partial charge in [0.2, 0.25) is 0 Å². The smallest absolute Gasteiger partial charge is 0.345 e. The second-order valence-corrected chi connectivity index (χ2v) is 4.91. The number of carbonyl (C=O) groups excluding carboxylic acids is 2. The summed E-state index contributed by atoms with van der Waals surface area (Å²) >= 11 is 11.7. The standard InChI is InChI=1S/C15H10Cl2O3/c1-9(18)12-8-10(16)6-7-14(12)20-15(19)11-4-2-3-5-13(11)17/h2-8H,1H3. The van der Waals surface area contributed by atoms with Gasteiger partial charge in [-0.25, -0.2) is 4.79 Å². The first-order valence-corrected chi connectivity index (χ1v) is 6.52. The average molecular weight is 309 g/mol. The number of Topliss-reactive ketones (excluding diaryl/α,β-unsaturated/α-hetero) is 1. The zero-order valence-corrected chi connectivity index (χ0v) is 12.0. The van der Waals surface area contributed by atoms with Crippen molar-refractivity contribution in [1.82, 2.24) is 0 Å². The number of ether oxygens (including phenoxy) is 1. The fraction of sp³-hybridized carbons (Fsp3) is 0.0667. The highest BCUT2D eigenvalue weighted by molar-refractivity contribution is 6.33. The average Bonchev–Trinajstić information content (AvgIpc) is 2.41. The van der Waals surface area contributed by atoms with E-state index in [0.717, 1.165) is 0 Å². The molecule has 0 unspecified atom stereocenters. The molecule has 0 atom stereocenters. The predicted molar refractivity (Wildman–Crippen MR) is 77.9 cm³/mol. The molecule has 0 amide bonds. The number of ketones is 1. The van der Waals surface area contributed by atoms with Gasteiger partial charge in [0.25, 0.3) is 0 Å². The molecule has 0 heterocycles. The van der Waals surface area contributed by atoms with Crippen LogP contribution in [-0.2, 0) is 0 Å². The molecule has 0 bridgehead atoms. The maximum absolute atomic E-state index is 12.0. The summed E-state index contributed by atoms with van der Waals surface area (Å²) in [7, 11) is 0. The van der Waals surface area contributed by atoms with Crippen molar-refractivity contribution in [2.75, 3.05) is 0 Å². The summed E-state index contributed by atoms with van der Waals surface area (Å²) in [6.07, 6.45) is 0. The Hall–Kier alpha value is -1.84. The Balaban J connectivity index is 2.33. The fourth-order valence-corrected chi connectivity index (χ4v) is 2.03. The lowest BCUT2D eigenvalue weighted by Gasteiger charge is -2.09. The molecule has 0 saturated heterocycles. The van der Waals surface area contributed by atoms with Gasteiger partial charge < -0.3 is 4.74 Å². The molecule has 0 fully saturated rings. The van der Waals surface area contributed by atoms with Crippen LogP contribution in [0.5, 0.6) is 5.75 Å². The minimum absolute atomic E-state index is 0.159. The van der Waals surface area contributed by atoms with Crippen molar-refractivity contribution < 1.29 is 14.3 Å². The Morgan fingerprint density at radius 1 is 1.00 bits per heavy atom. The zero-order chi connectivity index (χ0) is 14.7. The molecule has 0 spiro atoms. The Bertz CT molecular complexity index is 681. The molecule has 0 aliphatic heterocycles. The number of benzene rings is 2. The first kappa shape index (κ1) is 14.6. The lowest BCUT2D eigenvalue weighted by Crippen LogP contribution is -2.11. The summed E-state index contributed by atoms with van der Waals surface area (Å²) in [4.78, 5) is 23.6. The van der Waals surface area contributed by atoms with Gasteiger partial charge in [0, 0.05) is 5.02 Å². The first-order valence-electron chi connectivity index (χ1n) is 5.76. The van der Waals surface area contributed by atoms with Gasteiger partial charge in [0.15, 0.2) is 5.78 Å². The summed E-state index contributed by atoms with van der Waals surface area (Å²) in [6, 6.07) is 11.0. The summed E-state index contributed by atoms with van der Waals surface area (Å²) < 4.78 is 5.23. The molecule has 0 N–H and O–H groups in total. The lowest BCUT2D eigenvalue weighted by atomic mass is 10.1. The summed E-state index contributed by atoms with van der Waals surface area (Å²) in [5.74, 6) is -0.707. The van der Waals surface area contributed by atoms with Gasteiger partial charge in [-0.05, 0) is 37.3 Å². The van der Waals surface area contributed by atoms with Crippen LogP contribution < -0.4 is 4.74 Å². The van der Waals surface area contributed by atoms with E-state index in [-0.39, 0.29) is 27.7 Å². The van der Waals surface area contributed by atoms with Crippen LogP contribution in [0.1, 0.15) is 27.6 Å². The molecule has 102 valence electrons. The Kier molecular flexibility index (Phi) is 4.42. The van der Waals surface area contributed by atoms with E-state index in [1.165, 1.54) is 19.1 Å². The van der Waals surface area contributed by atoms with Gasteiger partial charge in [0.05, 0.1) is 16.1 Å². The summed E-state index contributed by atoms with van der Waals surface area (Å²) in [5.41, 5.74) is 0.483. The van der Waals surface area contributed by atoms with E-state index < -0.39 is 5.97 Å². The van der Waals surface area contributed by atoms with Gasteiger partial charge >= 0.3 is 5.97 Å². The van der Waals surface area contributed by atoms with Crippen LogP contribution in [0.25, 0.3) is 0 Å². The van der Waals surface area contributed by atoms with Crippen LogP contribution in [0.3, 0.4) is 0 Å². The van der Waals surface area contributed by atoms with Crippen LogP contribution in [0.4, 0.5) is 0 Å². The Labute approximate surface area is 126 Å². The van der Waals surface area contributed by atoms with E-state index in [0.29, 0.717) is 5.02 Å². The van der Waals surface area contributed by atoms with E-state index in [4.69, 9.17) is 27.9 Å². The second-order valence-electron chi connectivity index (χ2n) is 4.07. The van der Waals surface area contributed by atoms with E-state index in [1.807, 2.05) is 0 Å². The molecule has 20 heavy (non-hydrogen) atoms. The maximum atomic E-state index is 12.0. The van der Waals surface area contributed by atoms with E-state index in [2.05, 4.69) is 0 Å². The molecule has 2 rings (SSSR count). The number of rotatable bonds is 3. The quantitative estimate of drug-likeness (QED) is 0.479. The van der Waals surface area contributed by atoms with Crippen molar-refractivity contribution in [3.8, 4) is 5.75 Å². The highest BCUT2D eigenvalue weighted by atomic mass is 35.5. The number of esters is 1. The number of hydrogen-bond acceptors (Lipinski definition) is 3. The van der Waals surface area contributed by atoms with Gasteiger partial charge in [-0.3, -0.25) is 4.79 Å². The third kappa shape index (κ3) is 3.18. The number of halogens is 2. The van der Waals surface area contributed by atoms with Crippen LogP contribution >= 0.6 is 23.2 Å². The van der Waals surface area contributed by atoms with E-state index in [1.54, 1.807) is 30.3 Å². The highest BCUT2D eigenvalue weighted by Crippen LogP contribution is 2.25. The van der Waals surface area contributed by atoms with Gasteiger partial charge in [0.1, 0.15) is 5.75 Å². The molecular weight excluding hydrogens is 299 g/mol. The van der Waals surface area contributed by atoms with Crippen molar-refractivity contribution in [2.24, 2.45) is 0 Å². The third-order valence-corrected chi connectivity index (χ3v) is 3.18. The monoisotopic (exact) mass is 308 g/mol. The molecule has 2 aromatic rings. The van der Waals surface area contributed by atoms with Crippen molar-refractivity contribution >= 4 is 35.0 Å². The zero-order valence-electron chi connectivity index (χ0n) is 10.5. The largest absolute Gasteiger partial charge is 0.422 e. The van der Waals surface area contributed by atoms with Crippen LogP contribution in [0.15, 0.2) is 42.5 Å². The van der Waals surface area contributed by atoms with Gasteiger partial charge in [-0.1, -0.05) is 35.3 Å². The SMILES string of the molecule is CC(=O)c1cc(Cl)ccc1OC(=O)c1ccccc1Cl. The van der Waals surface area contributed by atoms with Crippen LogP contribution in [-0.4, -0.2) is 11.8 Å². The molecule has 0 aliphatic rings. The fourth-order valence-electron chi connectivity index (χ4n) is 1.65. The second kappa shape index (κ2) is 6.07. The van der Waals surface area contributed by atoms with Gasteiger partial charge in [-0.2, -0.15) is 0 Å². The van der Waals surface area contributed by atoms with E-state index >= 15 is 0 Å². The summed E-state index contributed by atoms with van der Waals surface area (Å²) in [6.45, 7) is 1.37. The molecule has 0 aromatic heterocycles. The number of carbonyl (C=O) groups is 2. The van der Waals surface area contributed by atoms with Gasteiger partial charge in [-0.15, -0.1) is 0 Å². The lowest BCUT2D eigenvalue weighted by molar-refractivity contribution is 0.0733. The molecule has 0 aliphatic carbocycles. The van der Waals surface area contributed by atoms with E-state index in [9.17, 15) is 9.59 Å². The topological polar surface area (TPSA) is 43.4 Å². The maximum Gasteiger partial charge on any atom is 0.345 e. The van der Waals surface area contributed by atoms with Crippen LogP contribution in [0.2, 0.25) is 10.0 Å². The molecule has 5 heteroatoms. The summed E-state index contributed by atoms with van der Waals surface area (Å²) in [5, 5.41) is 0.684. The first-order chi connectivity index (χ1) is 9.49. The molecule has 3 nitrogen and oxygen atoms in total. The van der Waals surface area contributed by atoms with Crippen molar-refractivity contribution in [3.05, 3.63) is 63.6 Å². The van der Waals surface area contributed by atoms with Crippen LogP contribution in [0, 0.1) is 0 Å². The highest BCUT2D eigenvalue weighted by Gasteiger charge is 2.16. The third-order valence-electron chi connectivity index (χ3n) is 2.62. The molecule has 0 radical (unpaired) electrons.